The molecule has 5 N–H and O–H groups in total. The Hall–Kier alpha value is -0.900. The predicted octanol–water partition coefficient (Wildman–Crippen LogP) is -2.66. The van der Waals surface area contributed by atoms with Gasteiger partial charge in [-0.1, -0.05) is 0 Å². The molecular formula is C8H13CaNO8. The first kappa shape index (κ1) is 19.4. The zero-order chi connectivity index (χ0) is 13.6. The van der Waals surface area contributed by atoms with Gasteiger partial charge >= 0.3 is 61.6 Å². The van der Waals surface area contributed by atoms with Crippen molar-refractivity contribution < 1.29 is 39.2 Å². The van der Waals surface area contributed by atoms with Crippen molar-refractivity contribution in [3.63, 3.8) is 0 Å². The van der Waals surface area contributed by atoms with Gasteiger partial charge in [0.25, 0.3) is 0 Å². The third-order valence-corrected chi connectivity index (χ3v) is 1.74. The number of carbonyl (C=O) groups is 4. The second kappa shape index (κ2) is 8.25. The number of carboxylic acids is 3. The topological polar surface area (TPSA) is 164 Å². The molecule has 18 heavy (non-hydrogen) atoms. The second-order valence-corrected chi connectivity index (χ2v) is 3.12. The number of rotatable bonds is 7. The van der Waals surface area contributed by atoms with Gasteiger partial charge in [-0.15, -0.1) is 0 Å². The van der Waals surface area contributed by atoms with Crippen LogP contribution < -0.4 is 5.73 Å². The van der Waals surface area contributed by atoms with E-state index in [0.29, 0.717) is 0 Å². The van der Waals surface area contributed by atoms with E-state index in [1.165, 1.54) is 0 Å². The first-order valence-corrected chi connectivity index (χ1v) is 4.32. The summed E-state index contributed by atoms with van der Waals surface area (Å²) in [5, 5.41) is 25.9. The van der Waals surface area contributed by atoms with Crippen molar-refractivity contribution in [3.05, 3.63) is 0 Å². The molecular weight excluding hydrogens is 278 g/mol. The van der Waals surface area contributed by atoms with E-state index < -0.39 is 48.9 Å². The fourth-order valence-corrected chi connectivity index (χ4v) is 1.08. The summed E-state index contributed by atoms with van der Waals surface area (Å²) in [5.41, 5.74) is 2.23. The van der Waals surface area contributed by atoms with Gasteiger partial charge in [0, 0.05) is 0 Å². The molecule has 100 valence electrons. The molecule has 9 nitrogen and oxygen atoms in total. The monoisotopic (exact) mass is 291 g/mol. The van der Waals surface area contributed by atoms with Gasteiger partial charge in [-0.05, 0) is 0 Å². The van der Waals surface area contributed by atoms with Crippen LogP contribution in [-0.2, 0) is 23.9 Å². The van der Waals surface area contributed by atoms with Crippen molar-refractivity contribution in [3.8, 4) is 0 Å². The summed E-state index contributed by atoms with van der Waals surface area (Å²) in [4.78, 5) is 42.8. The van der Waals surface area contributed by atoms with E-state index in [2.05, 4.69) is 4.74 Å². The normalized spacial score (nSPS) is 10.1. The van der Waals surface area contributed by atoms with Crippen molar-refractivity contribution in [2.24, 2.45) is 5.73 Å². The fourth-order valence-electron chi connectivity index (χ4n) is 1.08. The molecule has 10 heteroatoms. The average molecular weight is 291 g/mol. The summed E-state index contributed by atoms with van der Waals surface area (Å²) in [5.74, 6) is -6.28. The average Bonchev–Trinajstić information content (AvgIpc) is 2.14. The van der Waals surface area contributed by atoms with Crippen LogP contribution >= 0.6 is 0 Å². The maximum atomic E-state index is 10.9. The Morgan fingerprint density at radius 1 is 1.00 bits per heavy atom. The molecule has 0 aromatic carbocycles. The van der Waals surface area contributed by atoms with E-state index in [9.17, 15) is 19.2 Å². The third-order valence-electron chi connectivity index (χ3n) is 1.74. The van der Waals surface area contributed by atoms with Crippen LogP contribution in [0.4, 0.5) is 0 Å². The molecule has 0 aliphatic rings. The van der Waals surface area contributed by atoms with Gasteiger partial charge in [-0.3, -0.25) is 14.4 Å². The van der Waals surface area contributed by atoms with Crippen molar-refractivity contribution in [1.29, 1.82) is 0 Å². The molecule has 0 heterocycles. The fraction of sp³-hybridized carbons (Fsp3) is 0.500. The molecule has 0 fully saturated rings. The Labute approximate surface area is 131 Å². The maximum absolute atomic E-state index is 10.9. The quantitative estimate of drug-likeness (QED) is 0.289. The van der Waals surface area contributed by atoms with Crippen LogP contribution in [0.2, 0.25) is 0 Å². The van der Waals surface area contributed by atoms with Crippen molar-refractivity contribution in [1.82, 2.24) is 0 Å². The van der Waals surface area contributed by atoms with E-state index in [-0.39, 0.29) is 37.7 Å². The number of hydrogen-bond donors (Lipinski definition) is 4. The van der Waals surface area contributed by atoms with Gasteiger partial charge in [-0.25, -0.2) is 4.79 Å². The molecule has 0 spiro atoms. The number of hydrogen-bond acceptors (Lipinski definition) is 6. The number of carboxylic acid groups (broad SMARTS) is 3. The molecule has 0 atom stereocenters. The molecule has 0 radical (unpaired) electrons. The Balaban J connectivity index is 0. The first-order chi connectivity index (χ1) is 7.73. The second-order valence-electron chi connectivity index (χ2n) is 3.12. The molecule has 0 unspecified atom stereocenters. The molecule has 0 saturated heterocycles. The zero-order valence-electron chi connectivity index (χ0n) is 8.58. The van der Waals surface area contributed by atoms with Gasteiger partial charge in [0.2, 0.25) is 5.60 Å². The Morgan fingerprint density at radius 2 is 1.39 bits per heavy atom. The zero-order valence-corrected chi connectivity index (χ0v) is 8.58. The molecule has 0 aliphatic carbocycles. The molecule has 0 rings (SSSR count). The molecule has 0 aromatic rings. The summed E-state index contributed by atoms with van der Waals surface area (Å²) >= 11 is 0. The summed E-state index contributed by atoms with van der Waals surface area (Å²) < 4.78 is 4.35. The molecule has 0 aliphatic heterocycles. The van der Waals surface area contributed by atoms with Gasteiger partial charge in [0.15, 0.2) is 0 Å². The summed E-state index contributed by atoms with van der Waals surface area (Å²) in [7, 11) is 0. The number of esters is 1. The van der Waals surface area contributed by atoms with Crippen LogP contribution in [0, 0.1) is 0 Å². The summed E-state index contributed by atoms with van der Waals surface area (Å²) in [6.45, 7) is -0.686. The van der Waals surface area contributed by atoms with Crippen LogP contribution in [0.25, 0.3) is 0 Å². The first-order valence-electron chi connectivity index (χ1n) is 4.32. The Kier molecular flexibility index (Phi) is 8.90. The van der Waals surface area contributed by atoms with E-state index in [4.69, 9.17) is 21.1 Å². The van der Waals surface area contributed by atoms with E-state index in [1.807, 2.05) is 0 Å². The van der Waals surface area contributed by atoms with Crippen LogP contribution in [0.5, 0.6) is 0 Å². The molecule has 0 amide bonds. The third kappa shape index (κ3) is 6.15. The number of aliphatic carboxylic acids is 3. The minimum atomic E-state index is -2.64. The van der Waals surface area contributed by atoms with Crippen LogP contribution in [0.15, 0.2) is 0 Å². The van der Waals surface area contributed by atoms with E-state index in [1.54, 1.807) is 0 Å². The Morgan fingerprint density at radius 3 is 1.61 bits per heavy atom. The predicted molar refractivity (Wildman–Crippen MR) is 58.6 cm³/mol. The van der Waals surface area contributed by atoms with Gasteiger partial charge in [0.1, 0.15) is 0 Å². The van der Waals surface area contributed by atoms with Gasteiger partial charge in [0.05, 0.1) is 19.4 Å². The van der Waals surface area contributed by atoms with Crippen molar-refractivity contribution >= 4 is 61.6 Å². The van der Waals surface area contributed by atoms with Crippen molar-refractivity contribution in [2.45, 2.75) is 18.4 Å². The summed E-state index contributed by atoms with van der Waals surface area (Å²) in [6, 6.07) is 0. The summed E-state index contributed by atoms with van der Waals surface area (Å²) in [6.07, 6.45) is -2.33. The van der Waals surface area contributed by atoms with Gasteiger partial charge in [-0.2, -0.15) is 0 Å². The number of ether oxygens (including phenoxy) is 1. The number of carbonyl (C=O) groups excluding carboxylic acids is 1. The van der Waals surface area contributed by atoms with Gasteiger partial charge < -0.3 is 25.8 Å². The molecule has 0 aromatic heterocycles. The van der Waals surface area contributed by atoms with Crippen LogP contribution in [-0.4, -0.2) is 89.1 Å². The standard InChI is InChI=1S/C8H11NO8.Ca.2H/c9-3-6(14)17-8(7(15)16,1-4(10)11)2-5(12)13;;;/h1-3,9H2,(H,10,11)(H,12,13)(H,15,16);;;. The van der Waals surface area contributed by atoms with Crippen LogP contribution in [0.1, 0.15) is 12.8 Å². The van der Waals surface area contributed by atoms with E-state index >= 15 is 0 Å². The van der Waals surface area contributed by atoms with E-state index in [0.717, 1.165) is 0 Å². The number of nitrogens with two attached hydrogens (primary N) is 1. The van der Waals surface area contributed by atoms with Crippen LogP contribution in [0.3, 0.4) is 0 Å². The Bertz CT molecular complexity index is 339. The SMILES string of the molecule is NCC(=O)OC(CC(=O)O)(CC(=O)O)C(=O)O.[CaH2]. The van der Waals surface area contributed by atoms with Crippen molar-refractivity contribution in [2.75, 3.05) is 6.54 Å². The molecule has 0 saturated carbocycles. The molecule has 0 bridgehead atoms. The minimum absolute atomic E-state index is 0.